The molecule has 0 spiro atoms. The van der Waals surface area contributed by atoms with Gasteiger partial charge in [-0.3, -0.25) is 0 Å². The molecule has 0 aliphatic heterocycles. The molecule has 0 saturated carbocycles. The lowest BCUT2D eigenvalue weighted by molar-refractivity contribution is 0.496. The van der Waals surface area contributed by atoms with E-state index in [9.17, 15) is 0 Å². The average Bonchev–Trinajstić information content (AvgIpc) is 2.51. The molecule has 0 radical (unpaired) electrons. The Kier molecular flexibility index (Phi) is 4.55. The monoisotopic (exact) mass is 212 g/mol. The third kappa shape index (κ3) is 3.76. The molecule has 0 amide bonds. The van der Waals surface area contributed by atoms with Gasteiger partial charge in [-0.2, -0.15) is 0 Å². The van der Waals surface area contributed by atoms with Crippen LogP contribution in [0.15, 0.2) is 6.20 Å². The molecule has 1 heterocycles. The van der Waals surface area contributed by atoms with Gasteiger partial charge in [0.1, 0.15) is 5.01 Å². The Morgan fingerprint density at radius 3 is 2.64 bits per heavy atom. The zero-order chi connectivity index (χ0) is 10.6. The fourth-order valence-corrected chi connectivity index (χ4v) is 2.05. The Balaban J connectivity index is 2.32. The molecular formula is C11H20N2S. The minimum atomic E-state index is 0.396. The number of nitrogens with one attached hydrogen (secondary N) is 1. The van der Waals surface area contributed by atoms with E-state index >= 15 is 0 Å². The van der Waals surface area contributed by atoms with Crippen molar-refractivity contribution < 1.29 is 0 Å². The van der Waals surface area contributed by atoms with Crippen molar-refractivity contribution in [1.29, 1.82) is 0 Å². The molecule has 0 aromatic carbocycles. The lowest BCUT2D eigenvalue weighted by atomic mass is 10.1. The van der Waals surface area contributed by atoms with E-state index in [0.29, 0.717) is 6.04 Å². The number of thiazole rings is 1. The predicted molar refractivity (Wildman–Crippen MR) is 62.7 cm³/mol. The van der Waals surface area contributed by atoms with Crippen LogP contribution < -0.4 is 5.32 Å². The van der Waals surface area contributed by atoms with Gasteiger partial charge in [0.25, 0.3) is 0 Å². The number of aryl methyl sites for hydroxylation is 1. The van der Waals surface area contributed by atoms with Crippen molar-refractivity contribution >= 4 is 11.3 Å². The van der Waals surface area contributed by atoms with Crippen molar-refractivity contribution in [2.24, 2.45) is 5.92 Å². The highest BCUT2D eigenvalue weighted by Crippen LogP contribution is 2.18. The van der Waals surface area contributed by atoms with Crippen molar-refractivity contribution in [1.82, 2.24) is 10.3 Å². The van der Waals surface area contributed by atoms with Gasteiger partial charge in [0.15, 0.2) is 0 Å². The summed E-state index contributed by atoms with van der Waals surface area (Å²) in [6, 6.07) is 0.396. The zero-order valence-electron chi connectivity index (χ0n) is 9.50. The van der Waals surface area contributed by atoms with Gasteiger partial charge in [0.2, 0.25) is 0 Å². The highest BCUT2D eigenvalue weighted by molar-refractivity contribution is 7.11. The Morgan fingerprint density at radius 2 is 2.14 bits per heavy atom. The van der Waals surface area contributed by atoms with Crippen molar-refractivity contribution in [3.63, 3.8) is 0 Å². The Labute approximate surface area is 90.8 Å². The van der Waals surface area contributed by atoms with Gasteiger partial charge < -0.3 is 5.32 Å². The summed E-state index contributed by atoms with van der Waals surface area (Å²) in [6.07, 6.45) is 3.18. The zero-order valence-corrected chi connectivity index (χ0v) is 10.3. The normalized spacial score (nSPS) is 13.5. The highest BCUT2D eigenvalue weighted by atomic mass is 32.1. The second-order valence-corrected chi connectivity index (χ2v) is 5.43. The minimum Gasteiger partial charge on any atom is -0.308 e. The van der Waals surface area contributed by atoms with Crippen molar-refractivity contribution in [2.75, 3.05) is 6.54 Å². The van der Waals surface area contributed by atoms with Crippen molar-refractivity contribution in [3.05, 3.63) is 16.1 Å². The predicted octanol–water partition coefficient (Wildman–Crippen LogP) is 3.15. The van der Waals surface area contributed by atoms with Gasteiger partial charge in [-0.05, 0) is 32.7 Å². The molecular weight excluding hydrogens is 192 g/mol. The summed E-state index contributed by atoms with van der Waals surface area (Å²) in [5.41, 5.74) is 0. The second-order valence-electron chi connectivity index (χ2n) is 4.17. The molecule has 1 atom stereocenters. The quantitative estimate of drug-likeness (QED) is 0.811. The van der Waals surface area contributed by atoms with Gasteiger partial charge in [0, 0.05) is 11.1 Å². The fourth-order valence-electron chi connectivity index (χ4n) is 1.25. The molecule has 1 aromatic rings. The van der Waals surface area contributed by atoms with E-state index in [0.717, 1.165) is 12.5 Å². The molecule has 2 nitrogen and oxygen atoms in total. The molecule has 1 aromatic heterocycles. The molecule has 0 aliphatic rings. The molecule has 0 saturated heterocycles. The number of nitrogens with zero attached hydrogens (tertiary/aromatic N) is 1. The van der Waals surface area contributed by atoms with Crippen molar-refractivity contribution in [2.45, 2.75) is 40.2 Å². The molecule has 1 unspecified atom stereocenters. The first-order valence-electron chi connectivity index (χ1n) is 5.25. The number of hydrogen-bond acceptors (Lipinski definition) is 3. The lowest BCUT2D eigenvalue weighted by Gasteiger charge is -2.11. The third-order valence-electron chi connectivity index (χ3n) is 2.18. The molecule has 1 rings (SSSR count). The van der Waals surface area contributed by atoms with E-state index in [2.05, 4.69) is 38.0 Å². The smallest absolute Gasteiger partial charge is 0.109 e. The molecule has 0 aliphatic carbocycles. The van der Waals surface area contributed by atoms with Crippen LogP contribution in [0, 0.1) is 12.8 Å². The van der Waals surface area contributed by atoms with Crippen LogP contribution in [-0.2, 0) is 0 Å². The molecule has 3 heteroatoms. The van der Waals surface area contributed by atoms with Crippen LogP contribution in [0.1, 0.15) is 43.1 Å². The van der Waals surface area contributed by atoms with E-state index in [4.69, 9.17) is 0 Å². The second kappa shape index (κ2) is 5.47. The van der Waals surface area contributed by atoms with Crippen LogP contribution in [0.2, 0.25) is 0 Å². The number of rotatable bonds is 5. The van der Waals surface area contributed by atoms with Crippen LogP contribution in [0.25, 0.3) is 0 Å². The maximum atomic E-state index is 4.37. The first kappa shape index (κ1) is 11.7. The SMILES string of the molecule is Cc1cnc(C(C)NCCC(C)C)s1. The van der Waals surface area contributed by atoms with Crippen LogP contribution in [-0.4, -0.2) is 11.5 Å². The third-order valence-corrected chi connectivity index (χ3v) is 3.28. The van der Waals surface area contributed by atoms with Gasteiger partial charge in [-0.15, -0.1) is 11.3 Å². The van der Waals surface area contributed by atoms with Crippen LogP contribution in [0.4, 0.5) is 0 Å². The average molecular weight is 212 g/mol. The summed E-state index contributed by atoms with van der Waals surface area (Å²) in [7, 11) is 0. The van der Waals surface area contributed by atoms with Crippen LogP contribution in [0.3, 0.4) is 0 Å². The van der Waals surface area contributed by atoms with Gasteiger partial charge in [0.05, 0.1) is 6.04 Å². The van der Waals surface area contributed by atoms with E-state index in [-0.39, 0.29) is 0 Å². The van der Waals surface area contributed by atoms with E-state index in [1.54, 1.807) is 11.3 Å². The Morgan fingerprint density at radius 1 is 1.43 bits per heavy atom. The van der Waals surface area contributed by atoms with Gasteiger partial charge in [-0.1, -0.05) is 13.8 Å². The van der Waals surface area contributed by atoms with Crippen molar-refractivity contribution in [3.8, 4) is 0 Å². The molecule has 80 valence electrons. The largest absolute Gasteiger partial charge is 0.308 e. The summed E-state index contributed by atoms with van der Waals surface area (Å²) >= 11 is 1.78. The first-order valence-corrected chi connectivity index (χ1v) is 6.07. The van der Waals surface area contributed by atoms with Crippen LogP contribution >= 0.6 is 11.3 Å². The van der Waals surface area contributed by atoms with E-state index < -0.39 is 0 Å². The summed E-state index contributed by atoms with van der Waals surface area (Å²) in [4.78, 5) is 5.66. The lowest BCUT2D eigenvalue weighted by Crippen LogP contribution is -2.20. The first-order chi connectivity index (χ1) is 6.59. The van der Waals surface area contributed by atoms with Crippen LogP contribution in [0.5, 0.6) is 0 Å². The summed E-state index contributed by atoms with van der Waals surface area (Å²) < 4.78 is 0. The molecule has 1 N–H and O–H groups in total. The maximum absolute atomic E-state index is 4.37. The standard InChI is InChI=1S/C11H20N2S/c1-8(2)5-6-12-10(4)11-13-7-9(3)14-11/h7-8,10,12H,5-6H2,1-4H3. The molecule has 0 fully saturated rings. The maximum Gasteiger partial charge on any atom is 0.109 e. The number of hydrogen-bond donors (Lipinski definition) is 1. The highest BCUT2D eigenvalue weighted by Gasteiger charge is 2.08. The summed E-state index contributed by atoms with van der Waals surface area (Å²) in [5, 5.41) is 4.69. The van der Waals surface area contributed by atoms with Gasteiger partial charge in [-0.25, -0.2) is 4.98 Å². The summed E-state index contributed by atoms with van der Waals surface area (Å²) in [6.45, 7) is 9.86. The Bertz CT molecular complexity index is 268. The topological polar surface area (TPSA) is 24.9 Å². The minimum absolute atomic E-state index is 0.396. The van der Waals surface area contributed by atoms with Gasteiger partial charge >= 0.3 is 0 Å². The van der Waals surface area contributed by atoms with E-state index in [1.165, 1.54) is 16.3 Å². The summed E-state index contributed by atoms with van der Waals surface area (Å²) in [5.74, 6) is 0.771. The van der Waals surface area contributed by atoms with E-state index in [1.807, 2.05) is 6.20 Å². The Hall–Kier alpha value is -0.410. The number of aromatic nitrogens is 1. The molecule has 14 heavy (non-hydrogen) atoms. The molecule has 0 bridgehead atoms. The fraction of sp³-hybridized carbons (Fsp3) is 0.727.